The average Bonchev–Trinajstić information content (AvgIpc) is 2.38. The largest absolute Gasteiger partial charge is 0.355 e. The fraction of sp³-hybridized carbons (Fsp3) is 0.118. The topological polar surface area (TPSA) is 24.9 Å². The fourth-order valence-electron chi connectivity index (χ4n) is 2.50. The lowest BCUT2D eigenvalue weighted by molar-refractivity contribution is 0.584. The van der Waals surface area contributed by atoms with Gasteiger partial charge in [-0.15, -0.1) is 0 Å². The lowest BCUT2D eigenvalue weighted by Gasteiger charge is -2.12. The molecule has 0 atom stereocenters. The minimum Gasteiger partial charge on any atom is -0.355 e. The Bertz CT molecular complexity index is 808. The molecule has 0 saturated heterocycles. The Labute approximate surface area is 121 Å². The smallest absolute Gasteiger partial charge is 0.128 e. The standard InChI is InChI=1S/C17H14F2N2/c1-10-5-11(2)17-15(6-10)16(3-4-20-17)21-14-8-12(18)7-13(19)9-14/h3-9H,1-2H3,(H,20,21). The number of fused-ring (bicyclic) bond motifs is 1. The van der Waals surface area contributed by atoms with Crippen LogP contribution in [0.4, 0.5) is 20.2 Å². The minimum atomic E-state index is -0.608. The zero-order valence-corrected chi connectivity index (χ0v) is 11.7. The van der Waals surface area contributed by atoms with Crippen LogP contribution < -0.4 is 5.32 Å². The molecule has 0 aliphatic carbocycles. The molecule has 0 saturated carbocycles. The molecule has 106 valence electrons. The maximum Gasteiger partial charge on any atom is 0.128 e. The summed E-state index contributed by atoms with van der Waals surface area (Å²) >= 11 is 0. The number of rotatable bonds is 2. The molecule has 0 unspecified atom stereocenters. The summed E-state index contributed by atoms with van der Waals surface area (Å²) < 4.78 is 26.6. The van der Waals surface area contributed by atoms with Crippen molar-refractivity contribution < 1.29 is 8.78 Å². The van der Waals surface area contributed by atoms with Crippen molar-refractivity contribution in [3.05, 3.63) is 65.4 Å². The first-order valence-corrected chi connectivity index (χ1v) is 6.62. The van der Waals surface area contributed by atoms with Crippen molar-refractivity contribution in [3.63, 3.8) is 0 Å². The van der Waals surface area contributed by atoms with E-state index >= 15 is 0 Å². The molecule has 2 nitrogen and oxygen atoms in total. The highest BCUT2D eigenvalue weighted by atomic mass is 19.1. The number of hydrogen-bond acceptors (Lipinski definition) is 2. The molecule has 0 aliphatic heterocycles. The number of halogens is 2. The van der Waals surface area contributed by atoms with Crippen molar-refractivity contribution in [3.8, 4) is 0 Å². The van der Waals surface area contributed by atoms with E-state index in [0.717, 1.165) is 33.8 Å². The number of hydrogen-bond donors (Lipinski definition) is 1. The monoisotopic (exact) mass is 284 g/mol. The first-order chi connectivity index (χ1) is 10.0. The molecule has 0 amide bonds. The van der Waals surface area contributed by atoms with Crippen LogP contribution in [-0.4, -0.2) is 4.98 Å². The first kappa shape index (κ1) is 13.5. The molecule has 0 spiro atoms. The van der Waals surface area contributed by atoms with Crippen molar-refractivity contribution in [1.82, 2.24) is 4.98 Å². The van der Waals surface area contributed by atoms with Gasteiger partial charge < -0.3 is 5.32 Å². The molecule has 0 bridgehead atoms. The molecular weight excluding hydrogens is 270 g/mol. The number of anilines is 2. The Morgan fingerprint density at radius 3 is 2.38 bits per heavy atom. The third-order valence-corrected chi connectivity index (χ3v) is 3.32. The Kier molecular flexibility index (Phi) is 3.29. The van der Waals surface area contributed by atoms with Gasteiger partial charge in [-0.1, -0.05) is 11.6 Å². The second-order valence-corrected chi connectivity index (χ2v) is 5.12. The van der Waals surface area contributed by atoms with Gasteiger partial charge in [-0.3, -0.25) is 4.98 Å². The van der Waals surface area contributed by atoms with Crippen LogP contribution in [-0.2, 0) is 0 Å². The third-order valence-electron chi connectivity index (χ3n) is 3.32. The Morgan fingerprint density at radius 2 is 1.67 bits per heavy atom. The van der Waals surface area contributed by atoms with Crippen LogP contribution in [0.1, 0.15) is 11.1 Å². The van der Waals surface area contributed by atoms with E-state index in [-0.39, 0.29) is 0 Å². The fourth-order valence-corrected chi connectivity index (χ4v) is 2.50. The van der Waals surface area contributed by atoms with E-state index in [0.29, 0.717) is 5.69 Å². The summed E-state index contributed by atoms with van der Waals surface area (Å²) in [6, 6.07) is 9.23. The van der Waals surface area contributed by atoms with E-state index in [2.05, 4.69) is 16.4 Å². The SMILES string of the molecule is Cc1cc(C)c2nccc(Nc3cc(F)cc(F)c3)c2c1. The van der Waals surface area contributed by atoms with E-state index < -0.39 is 11.6 Å². The molecule has 0 fully saturated rings. The molecule has 3 rings (SSSR count). The van der Waals surface area contributed by atoms with Gasteiger partial charge in [-0.25, -0.2) is 8.78 Å². The van der Waals surface area contributed by atoms with Gasteiger partial charge in [0.15, 0.2) is 0 Å². The van der Waals surface area contributed by atoms with E-state index in [4.69, 9.17) is 0 Å². The van der Waals surface area contributed by atoms with Gasteiger partial charge >= 0.3 is 0 Å². The van der Waals surface area contributed by atoms with Crippen LogP contribution >= 0.6 is 0 Å². The quantitative estimate of drug-likeness (QED) is 0.726. The third kappa shape index (κ3) is 2.70. The second-order valence-electron chi connectivity index (χ2n) is 5.12. The summed E-state index contributed by atoms with van der Waals surface area (Å²) in [5, 5.41) is 3.99. The summed E-state index contributed by atoms with van der Waals surface area (Å²) in [6.07, 6.45) is 1.68. The number of benzene rings is 2. The maximum absolute atomic E-state index is 13.3. The highest BCUT2D eigenvalue weighted by Gasteiger charge is 2.07. The minimum absolute atomic E-state index is 0.374. The summed E-state index contributed by atoms with van der Waals surface area (Å²) in [6.45, 7) is 4.00. The second kappa shape index (κ2) is 5.13. The van der Waals surface area contributed by atoms with Crippen molar-refractivity contribution in [2.24, 2.45) is 0 Å². The molecule has 4 heteroatoms. The van der Waals surface area contributed by atoms with Gasteiger partial charge in [0.05, 0.1) is 5.52 Å². The lowest BCUT2D eigenvalue weighted by atomic mass is 10.1. The molecular formula is C17H14F2N2. The van der Waals surface area contributed by atoms with Gasteiger partial charge in [-0.05, 0) is 43.7 Å². The predicted octanol–water partition coefficient (Wildman–Crippen LogP) is 4.87. The van der Waals surface area contributed by atoms with Gasteiger partial charge in [0.2, 0.25) is 0 Å². The van der Waals surface area contributed by atoms with Crippen molar-refractivity contribution >= 4 is 22.3 Å². The molecule has 1 N–H and O–H groups in total. The molecule has 0 radical (unpaired) electrons. The highest BCUT2D eigenvalue weighted by Crippen LogP contribution is 2.28. The van der Waals surface area contributed by atoms with E-state index in [1.807, 2.05) is 19.9 Å². The van der Waals surface area contributed by atoms with Crippen LogP contribution in [0, 0.1) is 25.5 Å². The Hall–Kier alpha value is -2.49. The van der Waals surface area contributed by atoms with Crippen LogP contribution in [0.3, 0.4) is 0 Å². The van der Waals surface area contributed by atoms with Crippen LogP contribution in [0.15, 0.2) is 42.6 Å². The van der Waals surface area contributed by atoms with E-state index in [1.165, 1.54) is 12.1 Å². The summed E-state index contributed by atoms with van der Waals surface area (Å²) in [5.41, 5.74) is 4.21. The summed E-state index contributed by atoms with van der Waals surface area (Å²) in [7, 11) is 0. The summed E-state index contributed by atoms with van der Waals surface area (Å²) in [5.74, 6) is -1.22. The molecule has 1 aromatic heterocycles. The number of aryl methyl sites for hydroxylation is 2. The Balaban J connectivity index is 2.12. The number of nitrogens with one attached hydrogen (secondary N) is 1. The van der Waals surface area contributed by atoms with Crippen molar-refractivity contribution in [2.75, 3.05) is 5.32 Å². The molecule has 0 aliphatic rings. The van der Waals surface area contributed by atoms with Crippen LogP contribution in [0.25, 0.3) is 10.9 Å². The van der Waals surface area contributed by atoms with E-state index in [9.17, 15) is 8.78 Å². The molecule has 2 aromatic carbocycles. The Morgan fingerprint density at radius 1 is 0.952 bits per heavy atom. The molecule has 21 heavy (non-hydrogen) atoms. The van der Waals surface area contributed by atoms with Crippen molar-refractivity contribution in [2.45, 2.75) is 13.8 Å². The van der Waals surface area contributed by atoms with Crippen LogP contribution in [0.5, 0.6) is 0 Å². The van der Waals surface area contributed by atoms with Crippen LogP contribution in [0.2, 0.25) is 0 Å². The molecule has 1 heterocycles. The van der Waals surface area contributed by atoms with Gasteiger partial charge in [0.1, 0.15) is 11.6 Å². The van der Waals surface area contributed by atoms with Gasteiger partial charge in [-0.2, -0.15) is 0 Å². The predicted molar refractivity (Wildman–Crippen MR) is 80.9 cm³/mol. The zero-order chi connectivity index (χ0) is 15.0. The summed E-state index contributed by atoms with van der Waals surface area (Å²) in [4.78, 5) is 4.37. The van der Waals surface area contributed by atoms with Gasteiger partial charge in [0, 0.05) is 29.0 Å². The molecule has 3 aromatic rings. The van der Waals surface area contributed by atoms with E-state index in [1.54, 1.807) is 12.3 Å². The normalized spacial score (nSPS) is 10.9. The number of aromatic nitrogens is 1. The number of pyridine rings is 1. The highest BCUT2D eigenvalue weighted by molar-refractivity contribution is 5.95. The number of nitrogens with zero attached hydrogens (tertiary/aromatic N) is 1. The lowest BCUT2D eigenvalue weighted by Crippen LogP contribution is -1.95. The van der Waals surface area contributed by atoms with Gasteiger partial charge in [0.25, 0.3) is 0 Å². The maximum atomic E-state index is 13.3. The average molecular weight is 284 g/mol. The van der Waals surface area contributed by atoms with Crippen molar-refractivity contribution in [1.29, 1.82) is 0 Å². The first-order valence-electron chi connectivity index (χ1n) is 6.62. The zero-order valence-electron chi connectivity index (χ0n) is 11.7.